The molecule has 0 aromatic carbocycles. The number of aromatic nitrogens is 1. The number of nitrogens with one attached hydrogen (secondary N) is 2. The summed E-state index contributed by atoms with van der Waals surface area (Å²) in [4.78, 5) is 28.3. The van der Waals surface area contributed by atoms with Crippen molar-refractivity contribution in [3.63, 3.8) is 0 Å². The molecule has 0 saturated carbocycles. The lowest BCUT2D eigenvalue weighted by atomic mass is 10.0. The van der Waals surface area contributed by atoms with Crippen LogP contribution in [0.2, 0.25) is 0 Å². The predicted octanol–water partition coefficient (Wildman–Crippen LogP) is 1.75. The normalized spacial score (nSPS) is 12.0. The fourth-order valence-electron chi connectivity index (χ4n) is 1.96. The van der Waals surface area contributed by atoms with E-state index >= 15 is 0 Å². The Morgan fingerprint density at radius 3 is 2.68 bits per heavy atom. The third kappa shape index (κ3) is 4.18. The van der Waals surface area contributed by atoms with E-state index < -0.39 is 11.9 Å². The van der Waals surface area contributed by atoms with Crippen molar-refractivity contribution in [3.05, 3.63) is 54.2 Å². The van der Waals surface area contributed by atoms with Gasteiger partial charge in [-0.2, -0.15) is 0 Å². The van der Waals surface area contributed by atoms with Crippen molar-refractivity contribution >= 4 is 11.8 Å². The minimum Gasteiger partial charge on any atom is -0.459 e. The molecule has 1 atom stereocenters. The number of amides is 2. The van der Waals surface area contributed by atoms with Crippen LogP contribution in [-0.4, -0.2) is 22.8 Å². The summed E-state index contributed by atoms with van der Waals surface area (Å²) in [6.45, 7) is 4.11. The summed E-state index contributed by atoms with van der Waals surface area (Å²) < 4.78 is 5.03. The molecule has 6 nitrogen and oxygen atoms in total. The number of pyridine rings is 1. The Morgan fingerprint density at radius 1 is 1.27 bits per heavy atom. The number of carbonyl (C=O) groups excluding carboxylic acids is 2. The van der Waals surface area contributed by atoms with Crippen molar-refractivity contribution in [2.24, 2.45) is 5.92 Å². The SMILES string of the molecule is CC(C)C(NC(=O)c1ccco1)C(=O)NCc1cccnc1. The van der Waals surface area contributed by atoms with Gasteiger partial charge in [0.05, 0.1) is 6.26 Å². The van der Waals surface area contributed by atoms with Gasteiger partial charge < -0.3 is 15.1 Å². The number of hydrogen-bond acceptors (Lipinski definition) is 4. The van der Waals surface area contributed by atoms with Crippen LogP contribution in [0.25, 0.3) is 0 Å². The third-order valence-electron chi connectivity index (χ3n) is 3.17. The van der Waals surface area contributed by atoms with E-state index in [1.807, 2.05) is 19.9 Å². The van der Waals surface area contributed by atoms with Gasteiger partial charge in [0.1, 0.15) is 6.04 Å². The van der Waals surface area contributed by atoms with Gasteiger partial charge in [-0.25, -0.2) is 0 Å². The molecule has 2 N–H and O–H groups in total. The molecule has 2 aromatic rings. The molecule has 0 aliphatic rings. The molecule has 0 radical (unpaired) electrons. The Kier molecular flexibility index (Phi) is 5.30. The number of furan rings is 1. The molecule has 2 rings (SSSR count). The van der Waals surface area contributed by atoms with Crippen LogP contribution in [-0.2, 0) is 11.3 Å². The van der Waals surface area contributed by atoms with Crippen LogP contribution >= 0.6 is 0 Å². The first kappa shape index (κ1) is 15.8. The fourth-order valence-corrected chi connectivity index (χ4v) is 1.96. The summed E-state index contributed by atoms with van der Waals surface area (Å²) in [7, 11) is 0. The van der Waals surface area contributed by atoms with Crippen molar-refractivity contribution in [3.8, 4) is 0 Å². The average Bonchev–Trinajstić information content (AvgIpc) is 3.05. The van der Waals surface area contributed by atoms with Gasteiger partial charge in [-0.15, -0.1) is 0 Å². The molecule has 0 aliphatic heterocycles. The standard InChI is InChI=1S/C16H19N3O3/c1-11(2)14(19-15(20)13-6-4-8-22-13)16(21)18-10-12-5-3-7-17-9-12/h3-9,11,14H,10H2,1-2H3,(H,18,21)(H,19,20). The molecule has 0 saturated heterocycles. The average molecular weight is 301 g/mol. The predicted molar refractivity (Wildman–Crippen MR) is 80.9 cm³/mol. The molecule has 2 aromatic heterocycles. The van der Waals surface area contributed by atoms with Crippen LogP contribution < -0.4 is 10.6 Å². The molecule has 0 fully saturated rings. The molecule has 0 bridgehead atoms. The number of nitrogens with zero attached hydrogens (tertiary/aromatic N) is 1. The second kappa shape index (κ2) is 7.40. The molecule has 1 unspecified atom stereocenters. The zero-order valence-electron chi connectivity index (χ0n) is 12.6. The molecule has 0 spiro atoms. The van der Waals surface area contributed by atoms with Crippen molar-refractivity contribution in [2.45, 2.75) is 26.4 Å². The minimum atomic E-state index is -0.630. The van der Waals surface area contributed by atoms with Crippen molar-refractivity contribution in [1.29, 1.82) is 0 Å². The Bertz CT molecular complexity index is 609. The largest absolute Gasteiger partial charge is 0.459 e. The molecular weight excluding hydrogens is 282 g/mol. The van der Waals surface area contributed by atoms with Gasteiger partial charge in [0, 0.05) is 18.9 Å². The first-order valence-electron chi connectivity index (χ1n) is 7.09. The molecule has 2 heterocycles. The van der Waals surface area contributed by atoms with Crippen LogP contribution in [0.15, 0.2) is 47.3 Å². The molecule has 116 valence electrons. The van der Waals surface area contributed by atoms with Crippen LogP contribution in [0.1, 0.15) is 30.0 Å². The summed E-state index contributed by atoms with van der Waals surface area (Å²) >= 11 is 0. The second-order valence-electron chi connectivity index (χ2n) is 5.25. The lowest BCUT2D eigenvalue weighted by Gasteiger charge is -2.21. The van der Waals surface area contributed by atoms with Gasteiger partial charge in [0.2, 0.25) is 5.91 Å². The smallest absolute Gasteiger partial charge is 0.287 e. The highest BCUT2D eigenvalue weighted by Crippen LogP contribution is 2.06. The summed E-state index contributed by atoms with van der Waals surface area (Å²) in [6.07, 6.45) is 4.78. The summed E-state index contributed by atoms with van der Waals surface area (Å²) in [5.74, 6) is -0.502. The summed E-state index contributed by atoms with van der Waals surface area (Å²) in [5, 5.41) is 5.50. The highest BCUT2D eigenvalue weighted by atomic mass is 16.3. The molecular formula is C16H19N3O3. The first-order valence-corrected chi connectivity index (χ1v) is 7.09. The van der Waals surface area contributed by atoms with Gasteiger partial charge in [-0.1, -0.05) is 19.9 Å². The van der Waals surface area contributed by atoms with Gasteiger partial charge in [0.15, 0.2) is 5.76 Å². The minimum absolute atomic E-state index is 0.0483. The first-order chi connectivity index (χ1) is 10.6. The maximum Gasteiger partial charge on any atom is 0.287 e. The van der Waals surface area contributed by atoms with Crippen LogP contribution in [0.3, 0.4) is 0 Å². The van der Waals surface area contributed by atoms with Gasteiger partial charge in [-0.3, -0.25) is 14.6 Å². The summed E-state index contributed by atoms with van der Waals surface area (Å²) in [6, 6.07) is 6.23. The van der Waals surface area contributed by atoms with E-state index in [1.165, 1.54) is 6.26 Å². The molecule has 2 amide bonds. The number of rotatable bonds is 6. The zero-order valence-corrected chi connectivity index (χ0v) is 12.6. The van der Waals surface area contributed by atoms with Crippen LogP contribution in [0, 0.1) is 5.92 Å². The molecule has 6 heteroatoms. The molecule has 22 heavy (non-hydrogen) atoms. The summed E-state index contributed by atoms with van der Waals surface area (Å²) in [5.41, 5.74) is 0.899. The van der Waals surface area contributed by atoms with E-state index in [2.05, 4.69) is 15.6 Å². The van der Waals surface area contributed by atoms with Gasteiger partial charge in [0.25, 0.3) is 5.91 Å². The van der Waals surface area contributed by atoms with E-state index in [-0.39, 0.29) is 17.6 Å². The topological polar surface area (TPSA) is 84.2 Å². The number of hydrogen-bond donors (Lipinski definition) is 2. The van der Waals surface area contributed by atoms with Crippen molar-refractivity contribution < 1.29 is 14.0 Å². The lowest BCUT2D eigenvalue weighted by molar-refractivity contribution is -0.124. The lowest BCUT2D eigenvalue weighted by Crippen LogP contribution is -2.49. The Balaban J connectivity index is 1.95. The van der Waals surface area contributed by atoms with E-state index in [1.54, 1.807) is 30.6 Å². The fraction of sp³-hybridized carbons (Fsp3) is 0.312. The molecule has 0 aliphatic carbocycles. The quantitative estimate of drug-likeness (QED) is 0.851. The highest BCUT2D eigenvalue weighted by molar-refractivity contribution is 5.95. The Morgan fingerprint density at radius 2 is 2.09 bits per heavy atom. The van der Waals surface area contributed by atoms with E-state index in [9.17, 15) is 9.59 Å². The number of carbonyl (C=O) groups is 2. The maximum absolute atomic E-state index is 12.3. The van der Waals surface area contributed by atoms with Crippen LogP contribution in [0.4, 0.5) is 0 Å². The third-order valence-corrected chi connectivity index (χ3v) is 3.17. The van der Waals surface area contributed by atoms with E-state index in [0.29, 0.717) is 6.54 Å². The van der Waals surface area contributed by atoms with Crippen molar-refractivity contribution in [2.75, 3.05) is 0 Å². The second-order valence-corrected chi connectivity index (χ2v) is 5.25. The monoisotopic (exact) mass is 301 g/mol. The Labute approximate surface area is 128 Å². The Hall–Kier alpha value is -2.63. The van der Waals surface area contributed by atoms with E-state index in [4.69, 9.17) is 4.42 Å². The van der Waals surface area contributed by atoms with Crippen molar-refractivity contribution in [1.82, 2.24) is 15.6 Å². The van der Waals surface area contributed by atoms with Gasteiger partial charge >= 0.3 is 0 Å². The van der Waals surface area contributed by atoms with Gasteiger partial charge in [-0.05, 0) is 29.7 Å². The van der Waals surface area contributed by atoms with Crippen LogP contribution in [0.5, 0.6) is 0 Å². The maximum atomic E-state index is 12.3. The highest BCUT2D eigenvalue weighted by Gasteiger charge is 2.25. The van der Waals surface area contributed by atoms with E-state index in [0.717, 1.165) is 5.56 Å². The zero-order chi connectivity index (χ0) is 15.9.